The van der Waals surface area contributed by atoms with Crippen molar-refractivity contribution in [1.29, 1.82) is 0 Å². The van der Waals surface area contributed by atoms with Gasteiger partial charge in [-0.2, -0.15) is 0 Å². The molecule has 0 N–H and O–H groups in total. The molecule has 0 heterocycles. The van der Waals surface area contributed by atoms with E-state index in [9.17, 15) is 0 Å². The third kappa shape index (κ3) is 17.2. The largest absolute Gasteiger partial charge is 0.0622 e. The SMILES string of the molecule is CC(C)(C)c1ccc(C=Cc2cccc(C=Cc3ccccc3)c2C23CC4(c5c(C=Cc6ccccc6)cccc5C=Cc5ccc(C(C)(C)C)cc5)CC(c5c(C=Cc6ccccc6)cccc5C=Cc5ccc(C(C)(C)C)cc5)(C2)CC(c2c(C=Cc5ccccc5)cccc2C=Cc2ccc(C(C)(C)C)cc2)(C3)C4)cc1. The van der Waals surface area contributed by atoms with Gasteiger partial charge in [-0.15, -0.1) is 0 Å². The molecule has 12 aromatic rings. The highest BCUT2D eigenvalue weighted by molar-refractivity contribution is 5.86. The van der Waals surface area contributed by atoms with Gasteiger partial charge in [-0.05, 0) is 215 Å². The van der Waals surface area contributed by atoms with Crippen molar-refractivity contribution >= 4 is 97.2 Å². The second-order valence-corrected chi connectivity index (χ2v) is 37.2. The van der Waals surface area contributed by atoms with Gasteiger partial charge in [0.05, 0.1) is 0 Å². The van der Waals surface area contributed by atoms with Crippen LogP contribution in [0.4, 0.5) is 0 Å². The predicted octanol–water partition coefficient (Wildman–Crippen LogP) is 30.7. The molecule has 4 saturated carbocycles. The molecule has 12 aromatic carbocycles. The quantitative estimate of drug-likeness (QED) is 0.0667. The molecule has 0 aliphatic heterocycles. The van der Waals surface area contributed by atoms with Gasteiger partial charge in [0.15, 0.2) is 0 Å². The normalized spacial score (nSPS) is 19.4. The van der Waals surface area contributed by atoms with E-state index in [0.29, 0.717) is 0 Å². The molecular weight excluding hydrogens is 1370 g/mol. The van der Waals surface area contributed by atoms with E-state index in [4.69, 9.17) is 0 Å². The van der Waals surface area contributed by atoms with Crippen molar-refractivity contribution in [2.45, 2.75) is 165 Å². The van der Waals surface area contributed by atoms with E-state index in [2.05, 4.69) is 471 Å². The van der Waals surface area contributed by atoms with E-state index >= 15 is 0 Å². The molecule has 0 atom stereocenters. The van der Waals surface area contributed by atoms with Crippen LogP contribution in [0.25, 0.3) is 97.2 Å². The fourth-order valence-electron chi connectivity index (χ4n) is 19.7. The van der Waals surface area contributed by atoms with Gasteiger partial charge in [-0.3, -0.25) is 0 Å². The second kappa shape index (κ2) is 32.2. The number of hydrogen-bond donors (Lipinski definition) is 0. The second-order valence-electron chi connectivity index (χ2n) is 37.2. The van der Waals surface area contributed by atoms with Gasteiger partial charge in [0.2, 0.25) is 0 Å². The van der Waals surface area contributed by atoms with E-state index in [1.54, 1.807) is 0 Å². The van der Waals surface area contributed by atoms with Crippen molar-refractivity contribution in [3.63, 3.8) is 0 Å². The summed E-state index contributed by atoms with van der Waals surface area (Å²) in [6.45, 7) is 27.7. The molecule has 0 amide bonds. The maximum absolute atomic E-state index is 2.49. The lowest BCUT2D eigenvalue weighted by molar-refractivity contribution is -0.0696. The summed E-state index contributed by atoms with van der Waals surface area (Å²) >= 11 is 0. The van der Waals surface area contributed by atoms with Crippen LogP contribution in [-0.4, -0.2) is 0 Å². The topological polar surface area (TPSA) is 0 Å². The van der Waals surface area contributed by atoms with Crippen molar-refractivity contribution in [3.05, 3.63) is 425 Å². The zero-order valence-corrected chi connectivity index (χ0v) is 69.2. The summed E-state index contributed by atoms with van der Waals surface area (Å²) in [6, 6.07) is 110. The third-order valence-electron chi connectivity index (χ3n) is 24.6. The first kappa shape index (κ1) is 77.9. The minimum atomic E-state index is -0.498. The van der Waals surface area contributed by atoms with E-state index in [0.717, 1.165) is 38.5 Å². The van der Waals surface area contributed by atoms with Crippen LogP contribution in [0.1, 0.15) is 255 Å². The van der Waals surface area contributed by atoms with Gasteiger partial charge >= 0.3 is 0 Å². The Hall–Kier alpha value is -11.4. The Labute approximate surface area is 682 Å². The number of rotatable bonds is 20. The summed E-state index contributed by atoms with van der Waals surface area (Å²) in [4.78, 5) is 0. The van der Waals surface area contributed by atoms with Crippen molar-refractivity contribution in [3.8, 4) is 0 Å². The van der Waals surface area contributed by atoms with Crippen LogP contribution >= 0.6 is 0 Å². The first-order chi connectivity index (χ1) is 54.8. The predicted molar refractivity (Wildman–Crippen MR) is 498 cm³/mol. The summed E-state index contributed by atoms with van der Waals surface area (Å²) in [6.07, 6.45) is 44.5. The Bertz CT molecular complexity index is 4870. The molecule has 4 bridgehead atoms. The number of benzene rings is 12. The summed E-state index contributed by atoms with van der Waals surface area (Å²) < 4.78 is 0. The van der Waals surface area contributed by atoms with E-state index in [1.807, 2.05) is 0 Å². The smallest absolute Gasteiger partial charge is 0.000966 e. The van der Waals surface area contributed by atoms with Gasteiger partial charge in [0.1, 0.15) is 0 Å². The Morgan fingerprint density at radius 3 is 0.439 bits per heavy atom. The molecule has 568 valence electrons. The van der Waals surface area contributed by atoms with Gasteiger partial charge in [-0.25, -0.2) is 0 Å². The van der Waals surface area contributed by atoms with Gasteiger partial charge in [0.25, 0.3) is 0 Å². The standard InChI is InChI=1S/C114H112/c1-107(2,3)99-69-53-87(54-70-99)49-65-95-41-25-37-91(61-45-83-29-17-13-18-30-83)103(95)111-77-112(104-92(62-46-84-31-19-14-20-32-84)38-26-42-96(104)66-50-88-55-71-100(72-56-88)108(4,5)6)80-113(78-111,105-93(63-47-85-33-21-15-22-34-85)39-27-43-97(105)67-51-89-57-73-101(74-58-89)109(7,8)9)82-114(79-111,81-112)106-94(64-48-86-35-23-16-24-36-86)40-28-44-98(106)68-52-90-59-75-102(76-60-90)110(10,11)12/h13-76H,77-82H2,1-12H3. The van der Waals surface area contributed by atoms with Crippen LogP contribution in [0.15, 0.2) is 291 Å². The van der Waals surface area contributed by atoms with E-state index in [1.165, 1.54) is 134 Å². The Kier molecular flexibility index (Phi) is 22.0. The Balaban J connectivity index is 1.10. The summed E-state index contributed by atoms with van der Waals surface area (Å²) in [7, 11) is 0. The van der Waals surface area contributed by atoms with Crippen LogP contribution in [0.3, 0.4) is 0 Å². The average Bonchev–Trinajstić information content (AvgIpc) is 0.654. The maximum Gasteiger partial charge on any atom is -0.000966 e. The summed E-state index contributed by atoms with van der Waals surface area (Å²) in [5.41, 5.74) is 28.6. The molecule has 0 spiro atoms. The van der Waals surface area contributed by atoms with Gasteiger partial charge in [-0.1, -0.05) is 471 Å². The summed E-state index contributed by atoms with van der Waals surface area (Å²) in [5.74, 6) is 0. The number of hydrogen-bond acceptors (Lipinski definition) is 0. The fraction of sp³-hybridized carbons (Fsp3) is 0.228. The van der Waals surface area contributed by atoms with Crippen LogP contribution in [0, 0.1) is 0 Å². The first-order valence-electron chi connectivity index (χ1n) is 41.4. The van der Waals surface area contributed by atoms with Gasteiger partial charge in [0, 0.05) is 0 Å². The third-order valence-corrected chi connectivity index (χ3v) is 24.6. The molecule has 16 rings (SSSR count). The van der Waals surface area contributed by atoms with E-state index in [-0.39, 0.29) is 21.7 Å². The minimum Gasteiger partial charge on any atom is -0.0622 e. The fourth-order valence-corrected chi connectivity index (χ4v) is 19.7. The molecule has 4 aliphatic rings. The molecule has 4 fully saturated rings. The lowest BCUT2D eigenvalue weighted by atomic mass is 9.31. The molecule has 0 saturated heterocycles. The van der Waals surface area contributed by atoms with Crippen LogP contribution in [0.5, 0.6) is 0 Å². The highest BCUT2D eigenvalue weighted by Gasteiger charge is 2.71. The lowest BCUT2D eigenvalue weighted by Crippen LogP contribution is -2.68. The molecule has 0 aromatic heterocycles. The zero-order valence-electron chi connectivity index (χ0n) is 69.2. The minimum absolute atomic E-state index is 0.0190. The van der Waals surface area contributed by atoms with E-state index < -0.39 is 21.7 Å². The first-order valence-corrected chi connectivity index (χ1v) is 41.4. The molecule has 0 radical (unpaired) electrons. The summed E-state index contributed by atoms with van der Waals surface area (Å²) in [5, 5.41) is 0. The highest BCUT2D eigenvalue weighted by Crippen LogP contribution is 2.77. The highest BCUT2D eigenvalue weighted by atomic mass is 14.7. The van der Waals surface area contributed by atoms with Crippen LogP contribution in [0.2, 0.25) is 0 Å². The van der Waals surface area contributed by atoms with Crippen molar-refractivity contribution in [2.75, 3.05) is 0 Å². The Morgan fingerprint density at radius 1 is 0.158 bits per heavy atom. The lowest BCUT2D eigenvalue weighted by Gasteiger charge is -2.72. The molecule has 4 aliphatic carbocycles. The molecule has 0 nitrogen and oxygen atoms in total. The maximum atomic E-state index is 2.49. The van der Waals surface area contributed by atoms with Crippen molar-refractivity contribution in [2.24, 2.45) is 0 Å². The molecular formula is C114H112. The molecule has 0 heteroatoms. The van der Waals surface area contributed by atoms with Crippen LogP contribution < -0.4 is 0 Å². The monoisotopic (exact) mass is 1480 g/mol. The van der Waals surface area contributed by atoms with Crippen LogP contribution in [-0.2, 0) is 43.3 Å². The van der Waals surface area contributed by atoms with Gasteiger partial charge < -0.3 is 0 Å². The average molecular weight is 1480 g/mol. The molecule has 0 unspecified atom stereocenters. The molecule has 114 heavy (non-hydrogen) atoms. The zero-order chi connectivity index (χ0) is 79.4. The van der Waals surface area contributed by atoms with Crippen molar-refractivity contribution in [1.82, 2.24) is 0 Å². The Morgan fingerprint density at radius 2 is 0.298 bits per heavy atom. The van der Waals surface area contributed by atoms with Crippen molar-refractivity contribution < 1.29 is 0 Å².